The molecule has 1 aromatic rings. The third-order valence-electron chi connectivity index (χ3n) is 3.20. The Balaban J connectivity index is 2.36. The second-order valence-electron chi connectivity index (χ2n) is 4.33. The van der Waals surface area contributed by atoms with Crippen molar-refractivity contribution in [2.45, 2.75) is 32.8 Å². The number of aromatic nitrogens is 2. The summed E-state index contributed by atoms with van der Waals surface area (Å²) in [4.78, 5) is 11.1. The van der Waals surface area contributed by atoms with E-state index >= 15 is 0 Å². The van der Waals surface area contributed by atoms with Crippen LogP contribution in [0.3, 0.4) is 0 Å². The maximum atomic E-state index is 11.1. The fraction of sp³-hybridized carbons (Fsp3) is 0.600. The zero-order chi connectivity index (χ0) is 11.1. The first-order chi connectivity index (χ1) is 7.07. The number of H-pyrrole nitrogens is 1. The Kier molecular flexibility index (Phi) is 2.26. The Bertz CT molecular complexity index is 386. The van der Waals surface area contributed by atoms with Gasteiger partial charge >= 0.3 is 5.97 Å². The number of aliphatic hydroxyl groups is 1. The summed E-state index contributed by atoms with van der Waals surface area (Å²) < 4.78 is 0. The molecular weight excluding hydrogens is 196 g/mol. The van der Waals surface area contributed by atoms with Gasteiger partial charge in [0.1, 0.15) is 0 Å². The van der Waals surface area contributed by atoms with Gasteiger partial charge in [-0.15, -0.1) is 0 Å². The molecule has 5 heteroatoms. The number of rotatable bonds is 2. The fourth-order valence-corrected chi connectivity index (χ4v) is 2.05. The number of carboxylic acid groups (broad SMARTS) is 1. The third kappa shape index (κ3) is 1.52. The zero-order valence-electron chi connectivity index (χ0n) is 8.58. The smallest absolute Gasteiger partial charge is 0.309 e. The van der Waals surface area contributed by atoms with Crippen LogP contribution in [0, 0.1) is 5.41 Å². The van der Waals surface area contributed by atoms with Crippen molar-refractivity contribution in [2.24, 2.45) is 5.41 Å². The van der Waals surface area contributed by atoms with Crippen LogP contribution in [0.25, 0.3) is 0 Å². The van der Waals surface area contributed by atoms with Crippen LogP contribution in [0.1, 0.15) is 30.3 Å². The largest absolute Gasteiger partial charge is 0.481 e. The molecule has 0 aromatic carbocycles. The molecule has 3 N–H and O–H groups in total. The molecule has 1 atom stereocenters. The minimum Gasteiger partial charge on any atom is -0.481 e. The van der Waals surface area contributed by atoms with Crippen molar-refractivity contribution >= 4 is 5.97 Å². The molecule has 0 radical (unpaired) electrons. The van der Waals surface area contributed by atoms with Crippen LogP contribution < -0.4 is 0 Å². The maximum Gasteiger partial charge on any atom is 0.309 e. The molecule has 2 rings (SSSR count). The number of nitrogens with one attached hydrogen (secondary N) is 1. The molecule has 5 nitrogen and oxygen atoms in total. The molecule has 1 heterocycles. The molecule has 0 saturated carbocycles. The summed E-state index contributed by atoms with van der Waals surface area (Å²) in [5.74, 6) is -0.779. The number of aryl methyl sites for hydroxylation is 1. The lowest BCUT2D eigenvalue weighted by molar-refractivity contribution is -0.148. The molecule has 0 spiro atoms. The van der Waals surface area contributed by atoms with Crippen LogP contribution >= 0.6 is 0 Å². The van der Waals surface area contributed by atoms with Crippen molar-refractivity contribution in [3.05, 3.63) is 17.0 Å². The average Bonchev–Trinajstić information content (AvgIpc) is 2.59. The standard InChI is InChI=1S/C10H14N2O3/c1-10(9(14)15)3-2-7-6(4-10)8(5-13)12-11-7/h13H,2-5H2,1H3,(H,11,12)(H,14,15)/t10-/m1/s1. The molecule has 1 aliphatic rings. The van der Waals surface area contributed by atoms with Crippen molar-refractivity contribution < 1.29 is 15.0 Å². The van der Waals surface area contributed by atoms with Gasteiger partial charge in [0.2, 0.25) is 0 Å². The van der Waals surface area contributed by atoms with Gasteiger partial charge < -0.3 is 10.2 Å². The SMILES string of the molecule is C[C@@]1(C(=O)O)CCc2[nH]nc(CO)c2C1. The molecule has 1 aliphatic carbocycles. The van der Waals surface area contributed by atoms with Gasteiger partial charge in [0.15, 0.2) is 0 Å². The van der Waals surface area contributed by atoms with Crippen LogP contribution in [-0.2, 0) is 24.2 Å². The van der Waals surface area contributed by atoms with Crippen molar-refractivity contribution in [2.75, 3.05) is 0 Å². The molecule has 0 unspecified atom stereocenters. The van der Waals surface area contributed by atoms with Crippen molar-refractivity contribution in [1.82, 2.24) is 10.2 Å². The lowest BCUT2D eigenvalue weighted by Crippen LogP contribution is -2.34. The third-order valence-corrected chi connectivity index (χ3v) is 3.20. The molecule has 0 fully saturated rings. The van der Waals surface area contributed by atoms with E-state index in [0.717, 1.165) is 11.3 Å². The van der Waals surface area contributed by atoms with E-state index in [2.05, 4.69) is 10.2 Å². The highest BCUT2D eigenvalue weighted by atomic mass is 16.4. The monoisotopic (exact) mass is 210 g/mol. The van der Waals surface area contributed by atoms with Crippen molar-refractivity contribution in [1.29, 1.82) is 0 Å². The Morgan fingerprint density at radius 2 is 2.40 bits per heavy atom. The van der Waals surface area contributed by atoms with Crippen LogP contribution in [0.5, 0.6) is 0 Å². The topological polar surface area (TPSA) is 86.2 Å². The highest BCUT2D eigenvalue weighted by Crippen LogP contribution is 2.35. The van der Waals surface area contributed by atoms with Gasteiger partial charge in [-0.25, -0.2) is 0 Å². The van der Waals surface area contributed by atoms with E-state index in [1.165, 1.54) is 0 Å². The van der Waals surface area contributed by atoms with Crippen LogP contribution in [0.15, 0.2) is 0 Å². The molecule has 0 saturated heterocycles. The van der Waals surface area contributed by atoms with Gasteiger partial charge in [-0.05, 0) is 31.7 Å². The Hall–Kier alpha value is -1.36. The number of nitrogens with zero attached hydrogens (tertiary/aromatic N) is 1. The van der Waals surface area contributed by atoms with Gasteiger partial charge in [-0.2, -0.15) is 5.10 Å². The second-order valence-corrected chi connectivity index (χ2v) is 4.33. The van der Waals surface area contributed by atoms with Crippen molar-refractivity contribution in [3.63, 3.8) is 0 Å². The summed E-state index contributed by atoms with van der Waals surface area (Å²) in [6.07, 6.45) is 1.75. The van der Waals surface area contributed by atoms with E-state index in [-0.39, 0.29) is 6.61 Å². The molecular formula is C10H14N2O3. The Labute approximate surface area is 87.1 Å². The number of hydrogen-bond acceptors (Lipinski definition) is 3. The fourth-order valence-electron chi connectivity index (χ4n) is 2.05. The molecule has 15 heavy (non-hydrogen) atoms. The highest BCUT2D eigenvalue weighted by Gasteiger charge is 2.38. The number of hydrogen-bond donors (Lipinski definition) is 3. The molecule has 0 amide bonds. The zero-order valence-corrected chi connectivity index (χ0v) is 8.58. The first-order valence-electron chi connectivity index (χ1n) is 4.96. The van der Waals surface area contributed by atoms with Crippen LogP contribution in [0.2, 0.25) is 0 Å². The van der Waals surface area contributed by atoms with Crippen LogP contribution in [-0.4, -0.2) is 26.4 Å². The molecule has 1 aromatic heterocycles. The maximum absolute atomic E-state index is 11.1. The molecule has 0 aliphatic heterocycles. The normalized spacial score (nSPS) is 24.9. The highest BCUT2D eigenvalue weighted by molar-refractivity contribution is 5.75. The van der Waals surface area contributed by atoms with E-state index in [1.807, 2.05) is 0 Å². The number of aromatic amines is 1. The summed E-state index contributed by atoms with van der Waals surface area (Å²) >= 11 is 0. The van der Waals surface area contributed by atoms with Gasteiger partial charge in [-0.1, -0.05) is 0 Å². The molecule has 0 bridgehead atoms. The predicted molar refractivity (Wildman–Crippen MR) is 52.3 cm³/mol. The van der Waals surface area contributed by atoms with E-state index in [1.54, 1.807) is 6.92 Å². The lowest BCUT2D eigenvalue weighted by Gasteiger charge is -2.29. The summed E-state index contributed by atoms with van der Waals surface area (Å²) in [5.41, 5.74) is 1.71. The number of carboxylic acids is 1. The van der Waals surface area contributed by atoms with Crippen molar-refractivity contribution in [3.8, 4) is 0 Å². The van der Waals surface area contributed by atoms with E-state index < -0.39 is 11.4 Å². The summed E-state index contributed by atoms with van der Waals surface area (Å²) in [5, 5.41) is 25.0. The first kappa shape index (κ1) is 10.2. The van der Waals surface area contributed by atoms with Gasteiger partial charge in [0.05, 0.1) is 17.7 Å². The Morgan fingerprint density at radius 3 is 3.00 bits per heavy atom. The number of fused-ring (bicyclic) bond motifs is 1. The minimum absolute atomic E-state index is 0.137. The lowest BCUT2D eigenvalue weighted by atomic mass is 9.74. The van der Waals surface area contributed by atoms with Gasteiger partial charge in [0.25, 0.3) is 0 Å². The van der Waals surface area contributed by atoms with E-state index in [4.69, 9.17) is 10.2 Å². The predicted octanol–water partition coefficient (Wildman–Crippen LogP) is 0.482. The summed E-state index contributed by atoms with van der Waals surface area (Å²) in [6, 6.07) is 0. The number of carbonyl (C=O) groups is 1. The summed E-state index contributed by atoms with van der Waals surface area (Å²) in [6.45, 7) is 1.61. The van der Waals surface area contributed by atoms with E-state index in [0.29, 0.717) is 25.0 Å². The number of aliphatic hydroxyl groups excluding tert-OH is 1. The molecule has 82 valence electrons. The second kappa shape index (κ2) is 3.34. The average molecular weight is 210 g/mol. The summed E-state index contributed by atoms with van der Waals surface area (Å²) in [7, 11) is 0. The van der Waals surface area contributed by atoms with E-state index in [9.17, 15) is 4.79 Å². The quantitative estimate of drug-likeness (QED) is 0.662. The Morgan fingerprint density at radius 1 is 1.67 bits per heavy atom. The first-order valence-corrected chi connectivity index (χ1v) is 4.96. The number of aliphatic carboxylic acids is 1. The van der Waals surface area contributed by atoms with Crippen LogP contribution in [0.4, 0.5) is 0 Å². The minimum atomic E-state index is -0.779. The van der Waals surface area contributed by atoms with Gasteiger partial charge in [0, 0.05) is 5.69 Å². The van der Waals surface area contributed by atoms with Gasteiger partial charge in [-0.3, -0.25) is 9.89 Å².